The van der Waals surface area contributed by atoms with Gasteiger partial charge in [-0.05, 0) is 12.0 Å². The maximum atomic E-state index is 12.4. The van der Waals surface area contributed by atoms with Gasteiger partial charge in [0, 0.05) is 13.0 Å². The number of nitrogens with zero attached hydrogens (tertiary/aromatic N) is 4. The number of carbonyl (C=O) groups excluding carboxylic acids is 1. The van der Waals surface area contributed by atoms with Gasteiger partial charge in [0.2, 0.25) is 0 Å². The van der Waals surface area contributed by atoms with E-state index in [4.69, 9.17) is 0 Å². The smallest absolute Gasteiger partial charge is 0.272 e. The van der Waals surface area contributed by atoms with Crippen LogP contribution in [0, 0.1) is 0 Å². The van der Waals surface area contributed by atoms with Crippen molar-refractivity contribution in [2.75, 3.05) is 12.3 Å². The summed E-state index contributed by atoms with van der Waals surface area (Å²) < 4.78 is 1.59. The summed E-state index contributed by atoms with van der Waals surface area (Å²) in [6.45, 7) is 3.27. The molecule has 2 heterocycles. The van der Waals surface area contributed by atoms with Gasteiger partial charge in [0.15, 0.2) is 5.16 Å². The SMILES string of the molecule is CCCCn1c(SCC(=O)N2CCC(c3ccccc3)=N2)n[nH]c1=O. The second-order valence-electron chi connectivity index (χ2n) is 5.78. The Morgan fingerprint density at radius 3 is 2.88 bits per heavy atom. The average molecular weight is 359 g/mol. The first-order valence-corrected chi connectivity index (χ1v) is 9.39. The number of aromatic nitrogens is 3. The molecule has 0 atom stereocenters. The number of H-pyrrole nitrogens is 1. The number of benzene rings is 1. The van der Waals surface area contributed by atoms with Gasteiger partial charge in [-0.3, -0.25) is 9.36 Å². The maximum Gasteiger partial charge on any atom is 0.343 e. The van der Waals surface area contributed by atoms with Gasteiger partial charge >= 0.3 is 5.69 Å². The summed E-state index contributed by atoms with van der Waals surface area (Å²) in [5.41, 5.74) is 1.75. The minimum atomic E-state index is -0.228. The molecular weight excluding hydrogens is 338 g/mol. The number of hydrazone groups is 1. The third-order valence-electron chi connectivity index (χ3n) is 3.98. The summed E-state index contributed by atoms with van der Waals surface area (Å²) in [6, 6.07) is 9.88. The molecule has 0 spiro atoms. The number of aromatic amines is 1. The fourth-order valence-electron chi connectivity index (χ4n) is 2.60. The summed E-state index contributed by atoms with van der Waals surface area (Å²) in [4.78, 5) is 24.2. The molecule has 3 rings (SSSR count). The van der Waals surface area contributed by atoms with Crippen LogP contribution in [0.1, 0.15) is 31.7 Å². The summed E-state index contributed by atoms with van der Waals surface area (Å²) >= 11 is 1.27. The molecule has 1 amide bonds. The van der Waals surface area contributed by atoms with Gasteiger partial charge in [0.05, 0.1) is 18.0 Å². The molecule has 1 N–H and O–H groups in total. The standard InChI is InChI=1S/C17H21N5O2S/c1-2-3-10-21-16(24)18-19-17(21)25-12-15(23)22-11-9-14(20-22)13-7-5-4-6-8-13/h4-8H,2-3,9-12H2,1H3,(H,18,24). The lowest BCUT2D eigenvalue weighted by atomic mass is 10.1. The zero-order valence-corrected chi connectivity index (χ0v) is 15.0. The van der Waals surface area contributed by atoms with Crippen molar-refractivity contribution in [3.05, 3.63) is 46.4 Å². The lowest BCUT2D eigenvalue weighted by molar-refractivity contribution is -0.127. The highest BCUT2D eigenvalue weighted by Gasteiger charge is 2.22. The molecule has 8 heteroatoms. The first kappa shape index (κ1) is 17.5. The van der Waals surface area contributed by atoms with Crippen molar-refractivity contribution in [1.29, 1.82) is 0 Å². The number of unbranched alkanes of at least 4 members (excludes halogenated alkanes) is 1. The van der Waals surface area contributed by atoms with Crippen molar-refractivity contribution in [1.82, 2.24) is 19.8 Å². The molecule has 1 aromatic heterocycles. The summed E-state index contributed by atoms with van der Waals surface area (Å²) in [5.74, 6) is 0.135. The first-order chi connectivity index (χ1) is 12.2. The highest BCUT2D eigenvalue weighted by molar-refractivity contribution is 7.99. The van der Waals surface area contributed by atoms with E-state index in [0.717, 1.165) is 30.5 Å². The molecule has 0 saturated heterocycles. The Bertz CT molecular complexity index is 812. The lowest BCUT2D eigenvalue weighted by Crippen LogP contribution is -2.25. The van der Waals surface area contributed by atoms with Crippen molar-refractivity contribution in [2.24, 2.45) is 5.10 Å². The molecular formula is C17H21N5O2S. The number of amides is 1. The molecule has 25 heavy (non-hydrogen) atoms. The molecule has 132 valence electrons. The molecule has 0 fully saturated rings. The number of carbonyl (C=O) groups is 1. The van der Waals surface area contributed by atoms with Crippen LogP contribution in [0.2, 0.25) is 0 Å². The van der Waals surface area contributed by atoms with E-state index in [1.54, 1.807) is 4.57 Å². The van der Waals surface area contributed by atoms with Crippen LogP contribution in [0.25, 0.3) is 0 Å². The Morgan fingerprint density at radius 2 is 2.12 bits per heavy atom. The number of nitrogens with one attached hydrogen (secondary N) is 1. The van der Waals surface area contributed by atoms with Gasteiger partial charge in [-0.15, -0.1) is 5.10 Å². The molecule has 1 aliphatic heterocycles. The van der Waals surface area contributed by atoms with E-state index in [1.165, 1.54) is 16.8 Å². The number of hydrogen-bond acceptors (Lipinski definition) is 5. The zero-order valence-electron chi connectivity index (χ0n) is 14.1. The van der Waals surface area contributed by atoms with Crippen molar-refractivity contribution >= 4 is 23.4 Å². The van der Waals surface area contributed by atoms with E-state index < -0.39 is 0 Å². The van der Waals surface area contributed by atoms with E-state index in [-0.39, 0.29) is 17.3 Å². The fourth-order valence-corrected chi connectivity index (χ4v) is 3.44. The molecule has 7 nitrogen and oxygen atoms in total. The molecule has 0 radical (unpaired) electrons. The predicted molar refractivity (Wildman–Crippen MR) is 97.8 cm³/mol. The highest BCUT2D eigenvalue weighted by atomic mass is 32.2. The van der Waals surface area contributed by atoms with E-state index in [0.29, 0.717) is 18.2 Å². The monoisotopic (exact) mass is 359 g/mol. The fraction of sp³-hybridized carbons (Fsp3) is 0.412. The molecule has 2 aromatic rings. The Balaban J connectivity index is 1.60. The number of hydrogen-bond donors (Lipinski definition) is 1. The van der Waals surface area contributed by atoms with Gasteiger partial charge in [-0.1, -0.05) is 55.4 Å². The zero-order chi connectivity index (χ0) is 17.6. The molecule has 0 aliphatic carbocycles. The third-order valence-corrected chi connectivity index (χ3v) is 4.94. The van der Waals surface area contributed by atoms with Crippen LogP contribution in [0.5, 0.6) is 0 Å². The Hall–Kier alpha value is -2.35. The van der Waals surface area contributed by atoms with Gasteiger partial charge in [-0.25, -0.2) is 14.9 Å². The van der Waals surface area contributed by atoms with Gasteiger partial charge < -0.3 is 0 Å². The van der Waals surface area contributed by atoms with Crippen LogP contribution < -0.4 is 5.69 Å². The van der Waals surface area contributed by atoms with Crippen molar-refractivity contribution in [3.8, 4) is 0 Å². The van der Waals surface area contributed by atoms with Crippen LogP contribution >= 0.6 is 11.8 Å². The summed E-state index contributed by atoms with van der Waals surface area (Å²) in [5, 5.41) is 13.0. The minimum Gasteiger partial charge on any atom is -0.272 e. The minimum absolute atomic E-state index is 0.0755. The molecule has 0 unspecified atom stereocenters. The van der Waals surface area contributed by atoms with E-state index in [9.17, 15) is 9.59 Å². The van der Waals surface area contributed by atoms with Crippen LogP contribution in [0.4, 0.5) is 0 Å². The Morgan fingerprint density at radius 1 is 1.32 bits per heavy atom. The van der Waals surface area contributed by atoms with Crippen LogP contribution in [-0.2, 0) is 11.3 Å². The van der Waals surface area contributed by atoms with Gasteiger partial charge in [0.25, 0.3) is 5.91 Å². The summed E-state index contributed by atoms with van der Waals surface area (Å²) in [6.07, 6.45) is 2.65. The molecule has 0 bridgehead atoms. The second kappa shape index (κ2) is 8.15. The summed E-state index contributed by atoms with van der Waals surface area (Å²) in [7, 11) is 0. The number of thioether (sulfide) groups is 1. The largest absolute Gasteiger partial charge is 0.343 e. The van der Waals surface area contributed by atoms with Crippen molar-refractivity contribution in [2.45, 2.75) is 37.9 Å². The van der Waals surface area contributed by atoms with E-state index in [2.05, 4.69) is 22.2 Å². The normalized spacial score (nSPS) is 14.0. The average Bonchev–Trinajstić information content (AvgIpc) is 3.26. The number of rotatable bonds is 7. The van der Waals surface area contributed by atoms with Crippen molar-refractivity contribution in [3.63, 3.8) is 0 Å². The molecule has 1 aliphatic rings. The first-order valence-electron chi connectivity index (χ1n) is 8.40. The van der Waals surface area contributed by atoms with Crippen LogP contribution in [0.15, 0.2) is 45.4 Å². The van der Waals surface area contributed by atoms with E-state index in [1.807, 2.05) is 30.3 Å². The highest BCUT2D eigenvalue weighted by Crippen LogP contribution is 2.18. The topological polar surface area (TPSA) is 83.3 Å². The second-order valence-corrected chi connectivity index (χ2v) is 6.73. The van der Waals surface area contributed by atoms with Gasteiger partial charge in [-0.2, -0.15) is 5.10 Å². The van der Waals surface area contributed by atoms with Crippen LogP contribution in [-0.4, -0.2) is 43.7 Å². The molecule has 0 saturated carbocycles. The quantitative estimate of drug-likeness (QED) is 0.768. The van der Waals surface area contributed by atoms with Crippen molar-refractivity contribution < 1.29 is 4.79 Å². The van der Waals surface area contributed by atoms with Crippen LogP contribution in [0.3, 0.4) is 0 Å². The predicted octanol–water partition coefficient (Wildman–Crippen LogP) is 2.10. The van der Waals surface area contributed by atoms with Gasteiger partial charge in [0.1, 0.15) is 0 Å². The maximum absolute atomic E-state index is 12.4. The third kappa shape index (κ3) is 4.19. The Kier molecular flexibility index (Phi) is 5.70. The lowest BCUT2D eigenvalue weighted by Gasteiger charge is -2.11. The Labute approximate surface area is 150 Å². The van der Waals surface area contributed by atoms with E-state index >= 15 is 0 Å². The molecule has 1 aromatic carbocycles.